The molecule has 1 unspecified atom stereocenters. The predicted octanol–water partition coefficient (Wildman–Crippen LogP) is 0.674. The number of aromatic nitrogens is 2. The molecule has 2 heterocycles. The number of hydrogen-bond donors (Lipinski definition) is 1. The van der Waals surface area contributed by atoms with Crippen LogP contribution in [0.5, 0.6) is 0 Å². The Morgan fingerprint density at radius 3 is 3.13 bits per heavy atom. The lowest BCUT2D eigenvalue weighted by Gasteiger charge is -2.21. The van der Waals surface area contributed by atoms with Crippen molar-refractivity contribution in [1.29, 1.82) is 0 Å². The SMILES string of the molecule is Cn1cc(CC(=O)C2CCCCN2)cn1. The maximum absolute atomic E-state index is 11.9. The molecule has 2 rings (SSSR count). The van der Waals surface area contributed by atoms with E-state index in [1.165, 1.54) is 6.42 Å². The van der Waals surface area contributed by atoms with Gasteiger partial charge in [0.05, 0.1) is 12.2 Å². The second-order valence-electron chi connectivity index (χ2n) is 4.17. The van der Waals surface area contributed by atoms with Gasteiger partial charge in [-0.1, -0.05) is 6.42 Å². The van der Waals surface area contributed by atoms with Crippen molar-refractivity contribution in [3.05, 3.63) is 18.0 Å². The van der Waals surface area contributed by atoms with Gasteiger partial charge in [0.2, 0.25) is 0 Å². The number of carbonyl (C=O) groups excluding carboxylic acids is 1. The fourth-order valence-electron chi connectivity index (χ4n) is 2.01. The summed E-state index contributed by atoms with van der Waals surface area (Å²) < 4.78 is 1.73. The van der Waals surface area contributed by atoms with E-state index >= 15 is 0 Å². The van der Waals surface area contributed by atoms with Gasteiger partial charge in [0.15, 0.2) is 5.78 Å². The molecule has 0 aromatic carbocycles. The summed E-state index contributed by atoms with van der Waals surface area (Å²) in [4.78, 5) is 11.9. The fraction of sp³-hybridized carbons (Fsp3) is 0.636. The fourth-order valence-corrected chi connectivity index (χ4v) is 2.01. The van der Waals surface area contributed by atoms with Crippen molar-refractivity contribution < 1.29 is 4.79 Å². The molecular formula is C11H17N3O. The summed E-state index contributed by atoms with van der Waals surface area (Å²) in [7, 11) is 1.87. The lowest BCUT2D eigenvalue weighted by Crippen LogP contribution is -2.41. The Morgan fingerprint density at radius 2 is 2.53 bits per heavy atom. The molecule has 1 atom stereocenters. The average Bonchev–Trinajstić information content (AvgIpc) is 2.65. The van der Waals surface area contributed by atoms with E-state index in [-0.39, 0.29) is 6.04 Å². The van der Waals surface area contributed by atoms with Gasteiger partial charge in [-0.25, -0.2) is 0 Å². The number of rotatable bonds is 3. The maximum atomic E-state index is 11.9. The topological polar surface area (TPSA) is 46.9 Å². The molecule has 0 aliphatic carbocycles. The zero-order valence-corrected chi connectivity index (χ0v) is 9.07. The molecule has 15 heavy (non-hydrogen) atoms. The van der Waals surface area contributed by atoms with Crippen LogP contribution >= 0.6 is 0 Å². The first-order valence-corrected chi connectivity index (χ1v) is 5.49. The summed E-state index contributed by atoms with van der Waals surface area (Å²) in [6, 6.07) is 0.0685. The number of piperidine rings is 1. The Balaban J connectivity index is 1.91. The Labute approximate surface area is 89.7 Å². The number of nitrogens with one attached hydrogen (secondary N) is 1. The monoisotopic (exact) mass is 207 g/mol. The van der Waals surface area contributed by atoms with E-state index in [4.69, 9.17) is 0 Å². The van der Waals surface area contributed by atoms with Gasteiger partial charge < -0.3 is 5.32 Å². The van der Waals surface area contributed by atoms with Crippen LogP contribution in [0.15, 0.2) is 12.4 Å². The van der Waals surface area contributed by atoms with Crippen LogP contribution in [0, 0.1) is 0 Å². The minimum atomic E-state index is 0.0685. The van der Waals surface area contributed by atoms with Crippen LogP contribution in [0.25, 0.3) is 0 Å². The summed E-state index contributed by atoms with van der Waals surface area (Å²) in [5, 5.41) is 7.33. The van der Waals surface area contributed by atoms with Gasteiger partial charge in [-0.05, 0) is 24.9 Å². The summed E-state index contributed by atoms with van der Waals surface area (Å²) in [5.41, 5.74) is 1.01. The van der Waals surface area contributed by atoms with Gasteiger partial charge >= 0.3 is 0 Å². The minimum absolute atomic E-state index is 0.0685. The molecule has 0 saturated carbocycles. The van der Waals surface area contributed by atoms with E-state index < -0.39 is 0 Å². The van der Waals surface area contributed by atoms with Gasteiger partial charge in [-0.3, -0.25) is 9.48 Å². The smallest absolute Gasteiger partial charge is 0.154 e. The Bertz CT molecular complexity index is 339. The predicted molar refractivity (Wildman–Crippen MR) is 57.6 cm³/mol. The largest absolute Gasteiger partial charge is 0.307 e. The minimum Gasteiger partial charge on any atom is -0.307 e. The molecule has 1 aromatic heterocycles. The van der Waals surface area contributed by atoms with Crippen LogP contribution in [0.2, 0.25) is 0 Å². The highest BCUT2D eigenvalue weighted by molar-refractivity contribution is 5.86. The molecule has 82 valence electrons. The van der Waals surface area contributed by atoms with Crippen molar-refractivity contribution in [2.45, 2.75) is 31.7 Å². The van der Waals surface area contributed by atoms with Gasteiger partial charge in [-0.2, -0.15) is 5.10 Å². The van der Waals surface area contributed by atoms with Crippen LogP contribution in [-0.4, -0.2) is 28.2 Å². The highest BCUT2D eigenvalue weighted by Crippen LogP contribution is 2.10. The first-order valence-electron chi connectivity index (χ1n) is 5.49. The van der Waals surface area contributed by atoms with E-state index in [0.717, 1.165) is 24.9 Å². The number of Topliss-reactive ketones (excluding diaryl/α,β-unsaturated/α-hetero) is 1. The molecule has 0 amide bonds. The van der Waals surface area contributed by atoms with E-state index in [1.54, 1.807) is 10.9 Å². The van der Waals surface area contributed by atoms with Crippen molar-refractivity contribution >= 4 is 5.78 Å². The molecule has 0 spiro atoms. The first-order chi connectivity index (χ1) is 7.25. The summed E-state index contributed by atoms with van der Waals surface area (Å²) in [5.74, 6) is 0.294. The maximum Gasteiger partial charge on any atom is 0.154 e. The highest BCUT2D eigenvalue weighted by Gasteiger charge is 2.20. The first kappa shape index (κ1) is 10.4. The average molecular weight is 207 g/mol. The summed E-state index contributed by atoms with van der Waals surface area (Å²) in [6.45, 7) is 0.976. The molecule has 1 aliphatic rings. The van der Waals surface area contributed by atoms with E-state index in [9.17, 15) is 4.79 Å². The highest BCUT2D eigenvalue weighted by atomic mass is 16.1. The van der Waals surface area contributed by atoms with Crippen LogP contribution < -0.4 is 5.32 Å². The molecule has 1 fully saturated rings. The van der Waals surface area contributed by atoms with Crippen LogP contribution in [0.3, 0.4) is 0 Å². The van der Waals surface area contributed by atoms with E-state index in [1.807, 2.05) is 13.2 Å². The number of nitrogens with zero attached hydrogens (tertiary/aromatic N) is 2. The van der Waals surface area contributed by atoms with Crippen LogP contribution in [0.4, 0.5) is 0 Å². The van der Waals surface area contributed by atoms with E-state index in [2.05, 4.69) is 10.4 Å². The summed E-state index contributed by atoms with van der Waals surface area (Å²) in [6.07, 6.45) is 7.51. The van der Waals surface area contributed by atoms with Gasteiger partial charge in [-0.15, -0.1) is 0 Å². The van der Waals surface area contributed by atoms with Crippen molar-refractivity contribution in [1.82, 2.24) is 15.1 Å². The molecule has 0 bridgehead atoms. The Kier molecular flexibility index (Phi) is 3.16. The van der Waals surface area contributed by atoms with E-state index in [0.29, 0.717) is 12.2 Å². The molecular weight excluding hydrogens is 190 g/mol. The number of hydrogen-bond acceptors (Lipinski definition) is 3. The Hall–Kier alpha value is -1.16. The number of ketones is 1. The third-order valence-electron chi connectivity index (χ3n) is 2.84. The second-order valence-corrected chi connectivity index (χ2v) is 4.17. The zero-order valence-electron chi connectivity index (χ0n) is 9.07. The van der Waals surface area contributed by atoms with Gasteiger partial charge in [0.1, 0.15) is 0 Å². The number of aryl methyl sites for hydroxylation is 1. The molecule has 4 heteroatoms. The summed E-state index contributed by atoms with van der Waals surface area (Å²) >= 11 is 0. The molecule has 1 aliphatic heterocycles. The van der Waals surface area contributed by atoms with Gasteiger partial charge in [0, 0.05) is 19.7 Å². The van der Waals surface area contributed by atoms with Crippen molar-refractivity contribution in [3.8, 4) is 0 Å². The quantitative estimate of drug-likeness (QED) is 0.792. The zero-order chi connectivity index (χ0) is 10.7. The lowest BCUT2D eigenvalue weighted by molar-refractivity contribution is -0.120. The van der Waals surface area contributed by atoms with Crippen LogP contribution in [0.1, 0.15) is 24.8 Å². The van der Waals surface area contributed by atoms with Crippen molar-refractivity contribution in [2.75, 3.05) is 6.54 Å². The molecule has 1 aromatic rings. The lowest BCUT2D eigenvalue weighted by atomic mass is 9.98. The number of carbonyl (C=O) groups is 1. The van der Waals surface area contributed by atoms with Gasteiger partial charge in [0.25, 0.3) is 0 Å². The second kappa shape index (κ2) is 4.57. The third-order valence-corrected chi connectivity index (χ3v) is 2.84. The third kappa shape index (κ3) is 2.65. The molecule has 1 N–H and O–H groups in total. The van der Waals surface area contributed by atoms with Crippen molar-refractivity contribution in [3.63, 3.8) is 0 Å². The standard InChI is InChI=1S/C11H17N3O/c1-14-8-9(7-13-14)6-11(15)10-4-2-3-5-12-10/h7-8,10,12H,2-6H2,1H3. The molecule has 4 nitrogen and oxygen atoms in total. The molecule has 0 radical (unpaired) electrons. The van der Waals surface area contributed by atoms with Crippen LogP contribution in [-0.2, 0) is 18.3 Å². The van der Waals surface area contributed by atoms with Crippen molar-refractivity contribution in [2.24, 2.45) is 7.05 Å². The Morgan fingerprint density at radius 1 is 1.67 bits per heavy atom. The molecule has 1 saturated heterocycles. The normalized spacial score (nSPS) is 21.5.